The van der Waals surface area contributed by atoms with Crippen molar-refractivity contribution in [2.24, 2.45) is 0 Å². The number of Topliss-reactive ketones (excluding diaryl/α,β-unsaturated/α-hetero) is 1. The third-order valence-corrected chi connectivity index (χ3v) is 2.97. The van der Waals surface area contributed by atoms with Gasteiger partial charge in [0.25, 0.3) is 0 Å². The summed E-state index contributed by atoms with van der Waals surface area (Å²) in [4.78, 5) is 11.7. The highest BCUT2D eigenvalue weighted by Crippen LogP contribution is 2.11. The van der Waals surface area contributed by atoms with Gasteiger partial charge in [0.15, 0.2) is 5.78 Å². The van der Waals surface area contributed by atoms with E-state index in [-0.39, 0.29) is 6.10 Å². The Morgan fingerprint density at radius 2 is 1.62 bits per heavy atom. The molecule has 0 aromatic rings. The van der Waals surface area contributed by atoms with Crippen LogP contribution < -0.4 is 0 Å². The zero-order valence-corrected chi connectivity index (χ0v) is 11.3. The second-order valence-electron chi connectivity index (χ2n) is 4.50. The van der Waals surface area contributed by atoms with Crippen LogP contribution in [0.1, 0.15) is 71.6 Å². The van der Waals surface area contributed by atoms with Crippen molar-refractivity contribution in [1.29, 1.82) is 0 Å². The number of ether oxygens (including phenoxy) is 1. The van der Waals surface area contributed by atoms with Crippen molar-refractivity contribution in [2.45, 2.75) is 77.7 Å². The number of carbonyl (C=O) groups is 1. The van der Waals surface area contributed by atoms with E-state index in [4.69, 9.17) is 4.74 Å². The maximum atomic E-state index is 11.7. The highest BCUT2D eigenvalue weighted by atomic mass is 16.5. The summed E-state index contributed by atoms with van der Waals surface area (Å²) < 4.78 is 5.20. The standard InChI is InChI=1S/C14H28O2/c1-4-6-7-8-9-10-12-13(15)14(16-3)11-5-2/h14H,4-12H2,1-3H3. The quantitative estimate of drug-likeness (QED) is 0.497. The molecule has 0 bridgehead atoms. The van der Waals surface area contributed by atoms with Crippen LogP contribution in [-0.2, 0) is 9.53 Å². The van der Waals surface area contributed by atoms with Crippen molar-refractivity contribution in [3.63, 3.8) is 0 Å². The Kier molecular flexibility index (Phi) is 10.9. The van der Waals surface area contributed by atoms with E-state index in [2.05, 4.69) is 13.8 Å². The van der Waals surface area contributed by atoms with Gasteiger partial charge in [0, 0.05) is 13.5 Å². The third kappa shape index (κ3) is 7.86. The summed E-state index contributed by atoms with van der Waals surface area (Å²) in [6.45, 7) is 4.31. The molecule has 96 valence electrons. The van der Waals surface area contributed by atoms with E-state index in [1.165, 1.54) is 32.1 Å². The summed E-state index contributed by atoms with van der Waals surface area (Å²) in [5.41, 5.74) is 0. The molecule has 0 aromatic carbocycles. The van der Waals surface area contributed by atoms with Crippen LogP contribution in [0.4, 0.5) is 0 Å². The molecule has 1 unspecified atom stereocenters. The van der Waals surface area contributed by atoms with Gasteiger partial charge in [-0.25, -0.2) is 0 Å². The Bertz CT molecular complexity index is 166. The van der Waals surface area contributed by atoms with Gasteiger partial charge in [0.2, 0.25) is 0 Å². The maximum Gasteiger partial charge on any atom is 0.161 e. The number of ketones is 1. The summed E-state index contributed by atoms with van der Waals surface area (Å²) in [5, 5.41) is 0. The normalized spacial score (nSPS) is 12.7. The summed E-state index contributed by atoms with van der Waals surface area (Å²) in [6, 6.07) is 0. The Balaban J connectivity index is 3.47. The molecule has 0 aliphatic carbocycles. The molecule has 0 aliphatic rings. The zero-order valence-electron chi connectivity index (χ0n) is 11.3. The van der Waals surface area contributed by atoms with Crippen molar-refractivity contribution >= 4 is 5.78 Å². The van der Waals surface area contributed by atoms with Crippen molar-refractivity contribution in [2.75, 3.05) is 7.11 Å². The van der Waals surface area contributed by atoms with E-state index in [1.54, 1.807) is 7.11 Å². The van der Waals surface area contributed by atoms with Gasteiger partial charge >= 0.3 is 0 Å². The van der Waals surface area contributed by atoms with Gasteiger partial charge in [-0.3, -0.25) is 4.79 Å². The lowest BCUT2D eigenvalue weighted by Crippen LogP contribution is -2.22. The fourth-order valence-corrected chi connectivity index (χ4v) is 1.91. The lowest BCUT2D eigenvalue weighted by Gasteiger charge is -2.12. The first-order chi connectivity index (χ1) is 7.76. The predicted octanol–water partition coefficient (Wildman–Crippen LogP) is 4.12. The average Bonchev–Trinajstić information content (AvgIpc) is 2.30. The first kappa shape index (κ1) is 15.6. The summed E-state index contributed by atoms with van der Waals surface area (Å²) in [7, 11) is 1.64. The van der Waals surface area contributed by atoms with Crippen LogP contribution in [-0.4, -0.2) is 19.0 Å². The van der Waals surface area contributed by atoms with Gasteiger partial charge < -0.3 is 4.74 Å². The van der Waals surface area contributed by atoms with E-state index >= 15 is 0 Å². The minimum Gasteiger partial charge on any atom is -0.374 e. The van der Waals surface area contributed by atoms with Crippen molar-refractivity contribution in [3.8, 4) is 0 Å². The van der Waals surface area contributed by atoms with Crippen molar-refractivity contribution in [3.05, 3.63) is 0 Å². The van der Waals surface area contributed by atoms with Crippen LogP contribution in [0.15, 0.2) is 0 Å². The van der Waals surface area contributed by atoms with Gasteiger partial charge in [0.1, 0.15) is 6.10 Å². The monoisotopic (exact) mass is 228 g/mol. The van der Waals surface area contributed by atoms with Gasteiger partial charge in [-0.1, -0.05) is 52.4 Å². The van der Waals surface area contributed by atoms with Gasteiger partial charge in [-0.2, -0.15) is 0 Å². The van der Waals surface area contributed by atoms with E-state index < -0.39 is 0 Å². The fourth-order valence-electron chi connectivity index (χ4n) is 1.91. The Labute approximate surface area is 101 Å². The molecule has 16 heavy (non-hydrogen) atoms. The van der Waals surface area contributed by atoms with Crippen LogP contribution >= 0.6 is 0 Å². The first-order valence-electron chi connectivity index (χ1n) is 6.81. The lowest BCUT2D eigenvalue weighted by molar-refractivity contribution is -0.129. The molecule has 0 saturated carbocycles. The number of hydrogen-bond acceptors (Lipinski definition) is 2. The number of rotatable bonds is 11. The molecular formula is C14H28O2. The highest BCUT2D eigenvalue weighted by molar-refractivity contribution is 5.82. The van der Waals surface area contributed by atoms with Gasteiger partial charge in [-0.05, 0) is 12.8 Å². The van der Waals surface area contributed by atoms with Crippen LogP contribution in [0.25, 0.3) is 0 Å². The number of unbranched alkanes of at least 4 members (excludes halogenated alkanes) is 5. The minimum atomic E-state index is -0.152. The maximum absolute atomic E-state index is 11.7. The topological polar surface area (TPSA) is 26.3 Å². The van der Waals surface area contributed by atoms with E-state index in [9.17, 15) is 4.79 Å². The first-order valence-corrected chi connectivity index (χ1v) is 6.81. The van der Waals surface area contributed by atoms with Crippen molar-refractivity contribution in [1.82, 2.24) is 0 Å². The van der Waals surface area contributed by atoms with Crippen molar-refractivity contribution < 1.29 is 9.53 Å². The second-order valence-corrected chi connectivity index (χ2v) is 4.50. The lowest BCUT2D eigenvalue weighted by atomic mass is 10.0. The summed E-state index contributed by atoms with van der Waals surface area (Å²) >= 11 is 0. The van der Waals surface area contributed by atoms with Crippen LogP contribution in [0.2, 0.25) is 0 Å². The second kappa shape index (κ2) is 11.1. The molecule has 2 heteroatoms. The van der Waals surface area contributed by atoms with Crippen LogP contribution in [0.3, 0.4) is 0 Å². The van der Waals surface area contributed by atoms with E-state index in [0.717, 1.165) is 19.3 Å². The summed E-state index contributed by atoms with van der Waals surface area (Å²) in [6.07, 6.45) is 9.84. The fraction of sp³-hybridized carbons (Fsp3) is 0.929. The van der Waals surface area contributed by atoms with Crippen LogP contribution in [0.5, 0.6) is 0 Å². The molecular weight excluding hydrogens is 200 g/mol. The predicted molar refractivity (Wildman–Crippen MR) is 68.7 cm³/mol. The zero-order chi connectivity index (χ0) is 12.2. The Morgan fingerprint density at radius 3 is 2.19 bits per heavy atom. The Morgan fingerprint density at radius 1 is 1.00 bits per heavy atom. The molecule has 0 saturated heterocycles. The largest absolute Gasteiger partial charge is 0.374 e. The molecule has 0 fully saturated rings. The minimum absolute atomic E-state index is 0.152. The molecule has 0 N–H and O–H groups in total. The smallest absolute Gasteiger partial charge is 0.161 e. The van der Waals surface area contributed by atoms with E-state index in [1.807, 2.05) is 0 Å². The SMILES string of the molecule is CCCCCCCCC(=O)C(CCC)OC. The molecule has 0 rings (SSSR count). The molecule has 2 nitrogen and oxygen atoms in total. The molecule has 1 atom stereocenters. The van der Waals surface area contributed by atoms with E-state index in [0.29, 0.717) is 12.2 Å². The van der Waals surface area contributed by atoms with Crippen LogP contribution in [0, 0.1) is 0 Å². The number of methoxy groups -OCH3 is 1. The Hall–Kier alpha value is -0.370. The third-order valence-electron chi connectivity index (χ3n) is 2.97. The molecule has 0 aromatic heterocycles. The molecule has 0 heterocycles. The number of carbonyl (C=O) groups excluding carboxylic acids is 1. The average molecular weight is 228 g/mol. The molecule has 0 aliphatic heterocycles. The molecule has 0 spiro atoms. The van der Waals surface area contributed by atoms with Gasteiger partial charge in [0.05, 0.1) is 0 Å². The molecule has 0 amide bonds. The summed E-state index contributed by atoms with van der Waals surface area (Å²) in [5.74, 6) is 0.292. The highest BCUT2D eigenvalue weighted by Gasteiger charge is 2.15. The number of hydrogen-bond donors (Lipinski definition) is 0. The van der Waals surface area contributed by atoms with Gasteiger partial charge in [-0.15, -0.1) is 0 Å². The molecule has 0 radical (unpaired) electrons.